The Balaban J connectivity index is 2.92. The van der Waals surface area contributed by atoms with Crippen molar-refractivity contribution in [3.63, 3.8) is 0 Å². The van der Waals surface area contributed by atoms with Gasteiger partial charge in [-0.25, -0.2) is 9.59 Å². The predicted octanol–water partition coefficient (Wildman–Crippen LogP) is 2.40. The summed E-state index contributed by atoms with van der Waals surface area (Å²) in [6, 6.07) is 4.07. The fourth-order valence-electron chi connectivity index (χ4n) is 1.51. The molecule has 108 valence electrons. The first-order valence-corrected chi connectivity index (χ1v) is 5.96. The highest BCUT2D eigenvalue weighted by atomic mass is 16.5. The third-order valence-corrected chi connectivity index (χ3v) is 2.39. The molecule has 0 radical (unpaired) electrons. The monoisotopic (exact) mass is 280 g/mol. The average molecular weight is 280 g/mol. The molecule has 1 atom stereocenters. The van der Waals surface area contributed by atoms with Crippen molar-refractivity contribution in [3.05, 3.63) is 41.7 Å². The van der Waals surface area contributed by atoms with Gasteiger partial charge in [0, 0.05) is 0 Å². The Hall–Kier alpha value is -2.50. The van der Waals surface area contributed by atoms with Crippen molar-refractivity contribution in [1.82, 2.24) is 0 Å². The zero-order valence-electron chi connectivity index (χ0n) is 11.2. The predicted molar refractivity (Wildman–Crippen MR) is 71.2 cm³/mol. The van der Waals surface area contributed by atoms with Gasteiger partial charge in [0.25, 0.3) is 0 Å². The zero-order chi connectivity index (χ0) is 15.1. The molecule has 0 amide bonds. The molecule has 0 aliphatic rings. The molecule has 0 aliphatic heterocycles. The molecule has 0 bridgehead atoms. The van der Waals surface area contributed by atoms with Gasteiger partial charge in [0.05, 0.1) is 11.8 Å². The summed E-state index contributed by atoms with van der Waals surface area (Å²) in [5.41, 5.74) is -0.671. The number of carboxylic acid groups (broad SMARTS) is 2. The second-order valence-electron chi connectivity index (χ2n) is 4.02. The molecule has 0 saturated carbocycles. The highest BCUT2D eigenvalue weighted by molar-refractivity contribution is 6.03. The number of hydrogen-bond acceptors (Lipinski definition) is 4. The molecular weight excluding hydrogens is 264 g/mol. The van der Waals surface area contributed by atoms with E-state index in [0.717, 1.165) is 0 Å². The van der Waals surface area contributed by atoms with Gasteiger partial charge in [0.1, 0.15) is 24.0 Å². The van der Waals surface area contributed by atoms with Gasteiger partial charge in [0.15, 0.2) is 0 Å². The normalized spacial score (nSPS) is 12.1. The van der Waals surface area contributed by atoms with E-state index in [1.165, 1.54) is 24.5 Å². The van der Waals surface area contributed by atoms with Crippen molar-refractivity contribution in [2.75, 3.05) is 6.61 Å². The topological polar surface area (TPSA) is 93.1 Å². The largest absolute Gasteiger partial charge is 0.495 e. The van der Waals surface area contributed by atoms with Crippen LogP contribution < -0.4 is 4.74 Å². The molecule has 1 unspecified atom stereocenters. The first kappa shape index (κ1) is 15.6. The van der Waals surface area contributed by atoms with Crippen molar-refractivity contribution in [1.29, 1.82) is 0 Å². The number of hydrogen-bond donors (Lipinski definition) is 2. The van der Waals surface area contributed by atoms with Crippen LogP contribution in [0.15, 0.2) is 30.5 Å². The maximum Gasteiger partial charge on any atom is 0.340 e. The van der Waals surface area contributed by atoms with Crippen LogP contribution in [-0.4, -0.2) is 34.9 Å². The number of aromatic carboxylic acids is 2. The lowest BCUT2D eigenvalue weighted by molar-refractivity contribution is 0.0641. The van der Waals surface area contributed by atoms with E-state index in [9.17, 15) is 9.59 Å². The Morgan fingerprint density at radius 1 is 1.30 bits per heavy atom. The SMILES string of the molecule is CC=COC(C)COc1cccc(C(=O)O)c1C(=O)O. The molecule has 20 heavy (non-hydrogen) atoms. The van der Waals surface area contributed by atoms with Gasteiger partial charge in [-0.2, -0.15) is 0 Å². The Kier molecular flexibility index (Phi) is 5.58. The molecule has 1 rings (SSSR count). The molecular formula is C14H16O6. The van der Waals surface area contributed by atoms with E-state index < -0.39 is 11.9 Å². The Bertz CT molecular complexity index is 520. The summed E-state index contributed by atoms with van der Waals surface area (Å²) < 4.78 is 10.6. The molecule has 6 heteroatoms. The maximum atomic E-state index is 11.2. The van der Waals surface area contributed by atoms with Crippen molar-refractivity contribution in [2.45, 2.75) is 20.0 Å². The van der Waals surface area contributed by atoms with Crippen molar-refractivity contribution in [3.8, 4) is 5.75 Å². The molecule has 1 aromatic carbocycles. The van der Waals surface area contributed by atoms with E-state index >= 15 is 0 Å². The minimum atomic E-state index is -1.35. The second-order valence-corrected chi connectivity index (χ2v) is 4.02. The second kappa shape index (κ2) is 7.18. The lowest BCUT2D eigenvalue weighted by Crippen LogP contribution is -2.18. The Morgan fingerprint density at radius 3 is 2.55 bits per heavy atom. The quantitative estimate of drug-likeness (QED) is 0.745. The number of ether oxygens (including phenoxy) is 2. The highest BCUT2D eigenvalue weighted by Gasteiger charge is 2.21. The van der Waals surface area contributed by atoms with Crippen molar-refractivity contribution in [2.24, 2.45) is 0 Å². The van der Waals surface area contributed by atoms with Crippen LogP contribution in [0, 0.1) is 0 Å². The van der Waals surface area contributed by atoms with Crippen LogP contribution in [0.3, 0.4) is 0 Å². The first-order chi connectivity index (χ1) is 9.47. The summed E-state index contributed by atoms with van der Waals surface area (Å²) in [4.78, 5) is 22.2. The van der Waals surface area contributed by atoms with Gasteiger partial charge in [0.2, 0.25) is 0 Å². The number of carbonyl (C=O) groups is 2. The van der Waals surface area contributed by atoms with E-state index in [0.29, 0.717) is 0 Å². The molecule has 1 aromatic rings. The van der Waals surface area contributed by atoms with Crippen molar-refractivity contribution < 1.29 is 29.3 Å². The lowest BCUT2D eigenvalue weighted by atomic mass is 10.1. The van der Waals surface area contributed by atoms with E-state index in [2.05, 4.69) is 0 Å². The number of benzene rings is 1. The van der Waals surface area contributed by atoms with Crippen LogP contribution in [0.5, 0.6) is 5.75 Å². The molecule has 0 fully saturated rings. The molecule has 2 N–H and O–H groups in total. The van der Waals surface area contributed by atoms with Crippen LogP contribution in [0.2, 0.25) is 0 Å². The molecule has 0 saturated heterocycles. The number of rotatable bonds is 7. The molecule has 0 heterocycles. The minimum Gasteiger partial charge on any atom is -0.495 e. The first-order valence-electron chi connectivity index (χ1n) is 5.96. The van der Waals surface area contributed by atoms with E-state index in [1.807, 2.05) is 0 Å². The molecule has 0 aromatic heterocycles. The van der Waals surface area contributed by atoms with Gasteiger partial charge >= 0.3 is 11.9 Å². The van der Waals surface area contributed by atoms with E-state index in [1.54, 1.807) is 19.9 Å². The Labute approximate surface area is 116 Å². The van der Waals surface area contributed by atoms with Gasteiger partial charge in [-0.15, -0.1) is 0 Å². The Morgan fingerprint density at radius 2 is 2.00 bits per heavy atom. The van der Waals surface area contributed by atoms with Crippen LogP contribution in [0.1, 0.15) is 34.6 Å². The standard InChI is InChI=1S/C14H16O6/c1-3-7-19-9(2)8-20-11-6-4-5-10(13(15)16)12(11)14(17)18/h3-7,9H,8H2,1-2H3,(H,15,16)(H,17,18). The van der Waals surface area contributed by atoms with Gasteiger partial charge in [-0.3, -0.25) is 0 Å². The van der Waals surface area contributed by atoms with Gasteiger partial charge < -0.3 is 19.7 Å². The minimum absolute atomic E-state index is 0.00771. The van der Waals surface area contributed by atoms with Crippen molar-refractivity contribution >= 4 is 11.9 Å². The molecule has 0 aliphatic carbocycles. The van der Waals surface area contributed by atoms with Gasteiger partial charge in [-0.05, 0) is 26.0 Å². The van der Waals surface area contributed by atoms with E-state index in [4.69, 9.17) is 19.7 Å². The van der Waals surface area contributed by atoms with Crippen LogP contribution in [0.25, 0.3) is 0 Å². The lowest BCUT2D eigenvalue weighted by Gasteiger charge is -2.15. The average Bonchev–Trinajstić information content (AvgIpc) is 2.41. The van der Waals surface area contributed by atoms with Gasteiger partial charge in [-0.1, -0.05) is 12.1 Å². The third kappa shape index (κ3) is 4.01. The van der Waals surface area contributed by atoms with Crippen LogP contribution >= 0.6 is 0 Å². The fourth-order valence-corrected chi connectivity index (χ4v) is 1.51. The molecule has 6 nitrogen and oxygen atoms in total. The number of carboxylic acids is 2. The van der Waals surface area contributed by atoms with E-state index in [-0.39, 0.29) is 29.6 Å². The third-order valence-electron chi connectivity index (χ3n) is 2.39. The fraction of sp³-hybridized carbons (Fsp3) is 0.286. The highest BCUT2D eigenvalue weighted by Crippen LogP contribution is 2.23. The summed E-state index contributed by atoms with van der Waals surface area (Å²) in [6.45, 7) is 3.65. The summed E-state index contributed by atoms with van der Waals surface area (Å²) in [5.74, 6) is -2.65. The van der Waals surface area contributed by atoms with Crippen LogP contribution in [-0.2, 0) is 4.74 Å². The number of allylic oxidation sites excluding steroid dienone is 1. The maximum absolute atomic E-state index is 11.2. The zero-order valence-corrected chi connectivity index (χ0v) is 11.2. The van der Waals surface area contributed by atoms with Crippen LogP contribution in [0.4, 0.5) is 0 Å². The smallest absolute Gasteiger partial charge is 0.340 e. The summed E-state index contributed by atoms with van der Waals surface area (Å²) in [5, 5.41) is 18.1. The summed E-state index contributed by atoms with van der Waals surface area (Å²) in [7, 11) is 0. The molecule has 0 spiro atoms. The summed E-state index contributed by atoms with van der Waals surface area (Å²) >= 11 is 0. The summed E-state index contributed by atoms with van der Waals surface area (Å²) in [6.07, 6.45) is 2.92.